The molecule has 1 heterocycles. The monoisotopic (exact) mass is 229 g/mol. The van der Waals surface area contributed by atoms with Gasteiger partial charge in [0.25, 0.3) is 0 Å². The molecule has 1 rings (SSSR count). The first kappa shape index (κ1) is 13.0. The van der Waals surface area contributed by atoms with Gasteiger partial charge in [0.2, 0.25) is 5.91 Å². The Balaban J connectivity index is 2.17. The van der Waals surface area contributed by atoms with E-state index in [1.165, 1.54) is 7.11 Å². The van der Waals surface area contributed by atoms with Crippen molar-refractivity contribution in [3.8, 4) is 0 Å². The smallest absolute Gasteiger partial charge is 0.308 e. The van der Waals surface area contributed by atoms with Crippen LogP contribution in [0.5, 0.6) is 0 Å². The summed E-state index contributed by atoms with van der Waals surface area (Å²) in [4.78, 5) is 22.5. The molecule has 0 bridgehead atoms. The van der Waals surface area contributed by atoms with Crippen LogP contribution in [0.2, 0.25) is 0 Å². The fraction of sp³-hybridized carbons (Fsp3) is 0.818. The highest BCUT2D eigenvalue weighted by atomic mass is 16.5. The number of nitrogens with one attached hydrogen (secondary N) is 1. The van der Waals surface area contributed by atoms with Crippen LogP contribution in [0.15, 0.2) is 0 Å². The summed E-state index contributed by atoms with van der Waals surface area (Å²) in [5.41, 5.74) is 0. The molecule has 5 heteroatoms. The lowest BCUT2D eigenvalue weighted by Gasteiger charge is -2.12. The Bertz CT molecular complexity index is 248. The molecule has 0 aromatic carbocycles. The summed E-state index contributed by atoms with van der Waals surface area (Å²) in [5, 5.41) is 2.76. The summed E-state index contributed by atoms with van der Waals surface area (Å²) in [6, 6.07) is 0. The number of amides is 1. The van der Waals surface area contributed by atoms with Gasteiger partial charge >= 0.3 is 5.97 Å². The lowest BCUT2D eigenvalue weighted by molar-refractivity contribution is -0.146. The fourth-order valence-corrected chi connectivity index (χ4v) is 1.67. The Morgan fingerprint density at radius 1 is 1.56 bits per heavy atom. The van der Waals surface area contributed by atoms with E-state index in [1.54, 1.807) is 6.92 Å². The van der Waals surface area contributed by atoms with Crippen molar-refractivity contribution in [3.63, 3.8) is 0 Å². The van der Waals surface area contributed by atoms with E-state index in [9.17, 15) is 9.59 Å². The van der Waals surface area contributed by atoms with Crippen LogP contribution in [0.3, 0.4) is 0 Å². The van der Waals surface area contributed by atoms with Crippen LogP contribution < -0.4 is 5.32 Å². The third-order valence-electron chi connectivity index (χ3n) is 2.65. The standard InChI is InChI=1S/C11H19NO4/c1-8(11(14)15-2)6-10(13)12-7-9-4-3-5-16-9/h8-9H,3-7H2,1-2H3,(H,12,13)/t8-,9+/m1/s1. The van der Waals surface area contributed by atoms with Crippen LogP contribution in [0, 0.1) is 5.92 Å². The van der Waals surface area contributed by atoms with Gasteiger partial charge in [-0.15, -0.1) is 0 Å². The number of esters is 1. The predicted molar refractivity (Wildman–Crippen MR) is 57.8 cm³/mol. The van der Waals surface area contributed by atoms with E-state index >= 15 is 0 Å². The first-order valence-corrected chi connectivity index (χ1v) is 5.59. The van der Waals surface area contributed by atoms with E-state index in [0.717, 1.165) is 19.4 Å². The first-order valence-electron chi connectivity index (χ1n) is 5.59. The lowest BCUT2D eigenvalue weighted by atomic mass is 10.1. The zero-order chi connectivity index (χ0) is 12.0. The molecule has 1 aliphatic heterocycles. The molecule has 92 valence electrons. The highest BCUT2D eigenvalue weighted by Gasteiger charge is 2.19. The van der Waals surface area contributed by atoms with Crippen LogP contribution >= 0.6 is 0 Å². The van der Waals surface area contributed by atoms with Crippen molar-refractivity contribution in [3.05, 3.63) is 0 Å². The molecule has 0 aromatic rings. The van der Waals surface area contributed by atoms with E-state index in [2.05, 4.69) is 10.1 Å². The number of ether oxygens (including phenoxy) is 2. The largest absolute Gasteiger partial charge is 0.469 e. The van der Waals surface area contributed by atoms with Gasteiger partial charge in [-0.25, -0.2) is 0 Å². The summed E-state index contributed by atoms with van der Waals surface area (Å²) >= 11 is 0. The molecule has 1 amide bonds. The van der Waals surface area contributed by atoms with Gasteiger partial charge in [-0.05, 0) is 12.8 Å². The van der Waals surface area contributed by atoms with Gasteiger partial charge in [-0.3, -0.25) is 9.59 Å². The van der Waals surface area contributed by atoms with Gasteiger partial charge in [0, 0.05) is 19.6 Å². The average Bonchev–Trinajstić information content (AvgIpc) is 2.78. The molecule has 0 unspecified atom stereocenters. The van der Waals surface area contributed by atoms with Crippen LogP contribution in [0.25, 0.3) is 0 Å². The van der Waals surface area contributed by atoms with Gasteiger partial charge < -0.3 is 14.8 Å². The molecule has 5 nitrogen and oxygen atoms in total. The summed E-state index contributed by atoms with van der Waals surface area (Å²) in [7, 11) is 1.32. The maximum atomic E-state index is 11.5. The molecule has 16 heavy (non-hydrogen) atoms. The van der Waals surface area contributed by atoms with E-state index in [1.807, 2.05) is 0 Å². The van der Waals surface area contributed by atoms with Gasteiger partial charge in [-0.2, -0.15) is 0 Å². The average molecular weight is 229 g/mol. The summed E-state index contributed by atoms with van der Waals surface area (Å²) < 4.78 is 9.92. The number of rotatable bonds is 5. The van der Waals surface area contributed by atoms with Crippen molar-refractivity contribution >= 4 is 11.9 Å². The number of hydrogen-bond donors (Lipinski definition) is 1. The molecule has 1 saturated heterocycles. The lowest BCUT2D eigenvalue weighted by Crippen LogP contribution is -2.33. The maximum absolute atomic E-state index is 11.5. The first-order chi connectivity index (χ1) is 7.63. The summed E-state index contributed by atoms with van der Waals surface area (Å²) in [6.07, 6.45) is 2.35. The van der Waals surface area contributed by atoms with Gasteiger partial charge in [-0.1, -0.05) is 6.92 Å². The highest BCUT2D eigenvalue weighted by molar-refractivity contribution is 5.82. The van der Waals surface area contributed by atoms with E-state index in [-0.39, 0.29) is 24.4 Å². The molecular weight excluding hydrogens is 210 g/mol. The minimum Gasteiger partial charge on any atom is -0.469 e. The topological polar surface area (TPSA) is 64.6 Å². The van der Waals surface area contributed by atoms with E-state index < -0.39 is 5.92 Å². The summed E-state index contributed by atoms with van der Waals surface area (Å²) in [5.74, 6) is -0.879. The van der Waals surface area contributed by atoms with Gasteiger partial charge in [0.05, 0.1) is 19.1 Å². The van der Waals surface area contributed by atoms with Gasteiger partial charge in [0.1, 0.15) is 0 Å². The molecule has 0 radical (unpaired) electrons. The second-order valence-electron chi connectivity index (χ2n) is 4.07. The minimum atomic E-state index is -0.394. The Kier molecular flexibility index (Phi) is 5.25. The Hall–Kier alpha value is -1.10. The van der Waals surface area contributed by atoms with Crippen molar-refractivity contribution < 1.29 is 19.1 Å². The molecule has 2 atom stereocenters. The Morgan fingerprint density at radius 2 is 2.31 bits per heavy atom. The molecular formula is C11H19NO4. The Morgan fingerprint density at radius 3 is 2.88 bits per heavy atom. The van der Waals surface area contributed by atoms with Crippen molar-refractivity contribution in [2.45, 2.75) is 32.3 Å². The predicted octanol–water partition coefficient (Wildman–Crippen LogP) is 0.481. The normalized spacial score (nSPS) is 21.5. The third kappa shape index (κ3) is 4.18. The van der Waals surface area contributed by atoms with Crippen LogP contribution in [-0.2, 0) is 19.1 Å². The SMILES string of the molecule is COC(=O)[C@H](C)CC(=O)NC[C@@H]1CCCO1. The number of carbonyl (C=O) groups is 2. The van der Waals surface area contributed by atoms with Crippen molar-refractivity contribution in [1.29, 1.82) is 0 Å². The van der Waals surface area contributed by atoms with Gasteiger partial charge in [0.15, 0.2) is 0 Å². The van der Waals surface area contributed by atoms with Crippen LogP contribution in [0.4, 0.5) is 0 Å². The molecule has 1 N–H and O–H groups in total. The van der Waals surface area contributed by atoms with E-state index in [4.69, 9.17) is 4.74 Å². The molecule has 0 spiro atoms. The molecule has 0 aliphatic carbocycles. The Labute approximate surface area is 95.5 Å². The number of hydrogen-bond acceptors (Lipinski definition) is 4. The minimum absolute atomic E-state index is 0.131. The molecule has 1 fully saturated rings. The highest BCUT2D eigenvalue weighted by Crippen LogP contribution is 2.11. The zero-order valence-electron chi connectivity index (χ0n) is 9.82. The van der Waals surface area contributed by atoms with Crippen molar-refractivity contribution in [2.24, 2.45) is 5.92 Å². The second kappa shape index (κ2) is 6.48. The zero-order valence-corrected chi connectivity index (χ0v) is 9.82. The molecule has 1 aliphatic rings. The van der Waals surface area contributed by atoms with E-state index in [0.29, 0.717) is 6.54 Å². The van der Waals surface area contributed by atoms with Crippen LogP contribution in [-0.4, -0.2) is 38.2 Å². The summed E-state index contributed by atoms with van der Waals surface area (Å²) in [6.45, 7) is 2.99. The van der Waals surface area contributed by atoms with Crippen molar-refractivity contribution in [2.75, 3.05) is 20.3 Å². The number of carbonyl (C=O) groups excluding carboxylic acids is 2. The molecule has 0 saturated carbocycles. The van der Waals surface area contributed by atoms with Crippen LogP contribution in [0.1, 0.15) is 26.2 Å². The third-order valence-corrected chi connectivity index (χ3v) is 2.65. The van der Waals surface area contributed by atoms with Crippen molar-refractivity contribution in [1.82, 2.24) is 5.32 Å². The second-order valence-corrected chi connectivity index (χ2v) is 4.07. The number of methoxy groups -OCH3 is 1. The fourth-order valence-electron chi connectivity index (χ4n) is 1.67. The maximum Gasteiger partial charge on any atom is 0.308 e. The molecule has 0 aromatic heterocycles. The quantitative estimate of drug-likeness (QED) is 0.696.